The number of rotatable bonds is 2. The molecule has 0 fully saturated rings. The zero-order valence-electron chi connectivity index (χ0n) is 8.98. The molecule has 6 heteroatoms. The van der Waals surface area contributed by atoms with E-state index in [2.05, 4.69) is 6.58 Å². The Morgan fingerprint density at radius 1 is 1.07 bits per heavy atom. The Labute approximate surface area is 85.7 Å². The van der Waals surface area contributed by atoms with Crippen LogP contribution in [0.3, 0.4) is 0 Å². The van der Waals surface area contributed by atoms with Gasteiger partial charge in [-0.2, -0.15) is 0 Å². The van der Waals surface area contributed by atoms with Crippen molar-refractivity contribution >= 4 is 0 Å². The van der Waals surface area contributed by atoms with Crippen LogP contribution < -0.4 is 17.1 Å². The maximum absolute atomic E-state index is 11.6. The van der Waals surface area contributed by atoms with Gasteiger partial charge < -0.3 is 0 Å². The number of hydrogen-bond donors (Lipinski definition) is 0. The number of aromatic nitrogens is 3. The molecule has 1 aromatic heterocycles. The summed E-state index contributed by atoms with van der Waals surface area (Å²) < 4.78 is 2.76. The fourth-order valence-corrected chi connectivity index (χ4v) is 1.24. The van der Waals surface area contributed by atoms with E-state index >= 15 is 0 Å². The summed E-state index contributed by atoms with van der Waals surface area (Å²) in [5.41, 5.74) is -1.19. The summed E-state index contributed by atoms with van der Waals surface area (Å²) >= 11 is 0. The van der Waals surface area contributed by atoms with E-state index in [1.165, 1.54) is 14.1 Å². The topological polar surface area (TPSA) is 66.0 Å². The molecule has 0 saturated carbocycles. The van der Waals surface area contributed by atoms with Crippen LogP contribution in [0, 0.1) is 0 Å². The maximum atomic E-state index is 11.6. The summed E-state index contributed by atoms with van der Waals surface area (Å²) in [6.45, 7) is 5.45. The second kappa shape index (κ2) is 3.72. The van der Waals surface area contributed by atoms with Gasteiger partial charge >= 0.3 is 17.1 Å². The minimum absolute atomic E-state index is 0.125. The van der Waals surface area contributed by atoms with Crippen LogP contribution >= 0.6 is 0 Å². The molecule has 0 bridgehead atoms. The van der Waals surface area contributed by atoms with Gasteiger partial charge in [-0.15, -0.1) is 0 Å². The van der Waals surface area contributed by atoms with E-state index in [0.29, 0.717) is 5.57 Å². The first kappa shape index (κ1) is 11.2. The minimum atomic E-state index is -0.622. The van der Waals surface area contributed by atoms with Crippen LogP contribution in [0.5, 0.6) is 0 Å². The monoisotopic (exact) mass is 211 g/mol. The molecule has 0 aliphatic carbocycles. The lowest BCUT2D eigenvalue weighted by molar-refractivity contribution is 0.526. The van der Waals surface area contributed by atoms with Crippen LogP contribution in [0.25, 0.3) is 0 Å². The van der Waals surface area contributed by atoms with Crippen molar-refractivity contribution < 1.29 is 0 Å². The normalized spacial score (nSPS) is 10.3. The first-order valence-corrected chi connectivity index (χ1v) is 4.37. The Hall–Kier alpha value is -1.85. The van der Waals surface area contributed by atoms with E-state index in [1.54, 1.807) is 6.92 Å². The molecular weight excluding hydrogens is 198 g/mol. The van der Waals surface area contributed by atoms with Gasteiger partial charge in [0.2, 0.25) is 0 Å². The molecule has 0 aromatic carbocycles. The van der Waals surface area contributed by atoms with Gasteiger partial charge in [-0.05, 0) is 6.92 Å². The lowest BCUT2D eigenvalue weighted by Gasteiger charge is -2.07. The van der Waals surface area contributed by atoms with Crippen LogP contribution in [-0.2, 0) is 20.6 Å². The van der Waals surface area contributed by atoms with Gasteiger partial charge in [0.15, 0.2) is 0 Å². The van der Waals surface area contributed by atoms with Crippen molar-refractivity contribution in [2.75, 3.05) is 0 Å². The zero-order chi connectivity index (χ0) is 11.7. The van der Waals surface area contributed by atoms with Gasteiger partial charge in [0.1, 0.15) is 0 Å². The third kappa shape index (κ3) is 1.83. The van der Waals surface area contributed by atoms with Gasteiger partial charge in [-0.3, -0.25) is 0 Å². The lowest BCUT2D eigenvalue weighted by Crippen LogP contribution is -2.52. The zero-order valence-corrected chi connectivity index (χ0v) is 8.98. The Bertz CT molecular complexity index is 533. The third-order valence-electron chi connectivity index (χ3n) is 2.04. The van der Waals surface area contributed by atoms with Gasteiger partial charge in [-0.25, -0.2) is 28.1 Å². The van der Waals surface area contributed by atoms with E-state index in [4.69, 9.17) is 0 Å². The highest BCUT2D eigenvalue weighted by atomic mass is 16.2. The molecule has 0 aliphatic rings. The smallest absolute Gasteiger partial charge is 0.248 e. The van der Waals surface area contributed by atoms with Crippen LogP contribution in [0.2, 0.25) is 0 Å². The minimum Gasteiger partial charge on any atom is -0.248 e. The largest absolute Gasteiger partial charge is 0.336 e. The molecule has 1 rings (SSSR count). The standard InChI is InChI=1S/C9H13N3O3/c1-6(2)5-12-8(14)10(3)7(13)11(4)9(12)15/h1,5H2,2-4H3. The maximum Gasteiger partial charge on any atom is 0.336 e. The molecule has 1 heterocycles. The first-order chi connectivity index (χ1) is 6.86. The van der Waals surface area contributed by atoms with Crippen molar-refractivity contribution in [2.24, 2.45) is 14.1 Å². The lowest BCUT2D eigenvalue weighted by atomic mass is 10.3. The van der Waals surface area contributed by atoms with Crippen LogP contribution in [0.1, 0.15) is 6.92 Å². The van der Waals surface area contributed by atoms with Crippen molar-refractivity contribution in [1.82, 2.24) is 13.7 Å². The van der Waals surface area contributed by atoms with Crippen molar-refractivity contribution in [1.29, 1.82) is 0 Å². The van der Waals surface area contributed by atoms with Crippen LogP contribution in [-0.4, -0.2) is 13.7 Å². The summed E-state index contributed by atoms with van der Waals surface area (Å²) in [5.74, 6) is 0. The fraction of sp³-hybridized carbons (Fsp3) is 0.444. The SMILES string of the molecule is C=C(C)Cn1c(=O)n(C)c(=O)n(C)c1=O. The Kier molecular flexibility index (Phi) is 2.78. The summed E-state index contributed by atoms with van der Waals surface area (Å²) in [6.07, 6.45) is 0. The predicted molar refractivity (Wildman–Crippen MR) is 56.0 cm³/mol. The van der Waals surface area contributed by atoms with Crippen LogP contribution in [0.15, 0.2) is 26.5 Å². The van der Waals surface area contributed by atoms with Gasteiger partial charge in [-0.1, -0.05) is 12.2 Å². The summed E-state index contributed by atoms with van der Waals surface area (Å²) in [6, 6.07) is 0. The van der Waals surface area contributed by atoms with E-state index < -0.39 is 17.1 Å². The van der Waals surface area contributed by atoms with E-state index in [1.807, 2.05) is 0 Å². The highest BCUT2D eigenvalue weighted by Gasteiger charge is 2.09. The molecule has 0 aliphatic heterocycles. The molecule has 6 nitrogen and oxygen atoms in total. The second-order valence-electron chi connectivity index (χ2n) is 3.51. The number of hydrogen-bond acceptors (Lipinski definition) is 3. The molecule has 82 valence electrons. The average molecular weight is 211 g/mol. The van der Waals surface area contributed by atoms with Crippen molar-refractivity contribution in [3.05, 3.63) is 43.6 Å². The fourth-order valence-electron chi connectivity index (χ4n) is 1.24. The Balaban J connectivity index is 3.68. The third-order valence-corrected chi connectivity index (χ3v) is 2.04. The molecule has 0 amide bonds. The Morgan fingerprint density at radius 3 is 1.80 bits per heavy atom. The Morgan fingerprint density at radius 2 is 1.47 bits per heavy atom. The highest BCUT2D eigenvalue weighted by Crippen LogP contribution is 1.86. The van der Waals surface area contributed by atoms with Gasteiger partial charge in [0, 0.05) is 14.1 Å². The van der Waals surface area contributed by atoms with Crippen molar-refractivity contribution in [2.45, 2.75) is 13.5 Å². The molecule has 0 radical (unpaired) electrons. The average Bonchev–Trinajstić information content (AvgIpc) is 2.18. The first-order valence-electron chi connectivity index (χ1n) is 4.37. The highest BCUT2D eigenvalue weighted by molar-refractivity contribution is 4.90. The molecule has 0 unspecified atom stereocenters. The summed E-state index contributed by atoms with van der Waals surface area (Å²) in [4.78, 5) is 34.5. The number of allylic oxidation sites excluding steroid dienone is 1. The second-order valence-corrected chi connectivity index (χ2v) is 3.51. The number of nitrogens with zero attached hydrogens (tertiary/aromatic N) is 3. The van der Waals surface area contributed by atoms with Gasteiger partial charge in [0.25, 0.3) is 0 Å². The molecule has 0 N–H and O–H groups in total. The molecule has 0 spiro atoms. The predicted octanol–water partition coefficient (Wildman–Crippen LogP) is -1.18. The van der Waals surface area contributed by atoms with Crippen LogP contribution in [0.4, 0.5) is 0 Å². The molecular formula is C9H13N3O3. The molecule has 0 atom stereocenters. The molecule has 0 saturated heterocycles. The van der Waals surface area contributed by atoms with Gasteiger partial charge in [0.05, 0.1) is 6.54 Å². The van der Waals surface area contributed by atoms with E-state index in [-0.39, 0.29) is 6.54 Å². The van der Waals surface area contributed by atoms with Crippen molar-refractivity contribution in [3.63, 3.8) is 0 Å². The molecule has 15 heavy (non-hydrogen) atoms. The molecule has 1 aromatic rings. The quantitative estimate of drug-likeness (QED) is 0.578. The summed E-state index contributed by atoms with van der Waals surface area (Å²) in [5, 5.41) is 0. The van der Waals surface area contributed by atoms with E-state index in [9.17, 15) is 14.4 Å². The van der Waals surface area contributed by atoms with Crippen molar-refractivity contribution in [3.8, 4) is 0 Å². The van der Waals surface area contributed by atoms with E-state index in [0.717, 1.165) is 13.7 Å². The summed E-state index contributed by atoms with van der Waals surface area (Å²) in [7, 11) is 2.66.